The molecule has 2 radical (unpaired) electrons. The van der Waals surface area contributed by atoms with E-state index in [0.717, 1.165) is 0 Å². The Bertz CT molecular complexity index is 66.7. The molecule has 0 aromatic carbocycles. The van der Waals surface area contributed by atoms with Gasteiger partial charge in [-0.1, -0.05) is 0 Å². The van der Waals surface area contributed by atoms with Crippen molar-refractivity contribution in [2.75, 3.05) is 0 Å². The molecule has 0 atom stereocenters. The third-order valence-electron chi connectivity index (χ3n) is 0. The molecule has 3 N–H and O–H groups in total. The maximum absolute atomic E-state index is 8.88. The predicted molar refractivity (Wildman–Crippen MR) is 14.3 cm³/mol. The monoisotopic (exact) mass is 314 g/mol. The van der Waals surface area contributed by atoms with Crippen LogP contribution >= 0.6 is 7.82 Å². The Morgan fingerprint density at radius 1 is 1.11 bits per heavy atom. The van der Waals surface area contributed by atoms with E-state index in [1.54, 1.807) is 0 Å². The summed E-state index contributed by atoms with van der Waals surface area (Å²) in [7, 11) is -4.64. The largest absolute Gasteiger partial charge is 0.466 e. The van der Waals surface area contributed by atoms with Crippen LogP contribution in [-0.4, -0.2) is 14.7 Å². The molecule has 0 aliphatic carbocycles. The molecule has 0 bridgehead atoms. The van der Waals surface area contributed by atoms with Crippen molar-refractivity contribution in [1.82, 2.24) is 0 Å². The Labute approximate surface area is 99.7 Å². The average Bonchev–Trinajstić information content (AvgIpc) is 0.722. The first-order chi connectivity index (χ1) is 2.00. The van der Waals surface area contributed by atoms with Gasteiger partial charge < -0.3 is 14.7 Å². The van der Waals surface area contributed by atoms with Crippen LogP contribution in [0, 0.1) is 0 Å². The standard InChI is InChI=1S/Co.Ni.H3O4P.Ti.V/c;;1-5(2,3)4;;/h;;(H3,1,2,3,4);;. The Balaban J connectivity index is -0.0000000133. The molecule has 0 heterocycles. The molecule has 0 saturated heterocycles. The van der Waals surface area contributed by atoms with E-state index in [9.17, 15) is 0 Å². The summed E-state index contributed by atoms with van der Waals surface area (Å²) in [5.74, 6) is 0. The molecule has 9 heavy (non-hydrogen) atoms. The van der Waals surface area contributed by atoms with Gasteiger partial charge in [0.05, 0.1) is 0 Å². The van der Waals surface area contributed by atoms with Crippen LogP contribution in [0.5, 0.6) is 0 Å². The van der Waals surface area contributed by atoms with Crippen LogP contribution in [-0.2, 0) is 78.1 Å². The van der Waals surface area contributed by atoms with E-state index in [0.29, 0.717) is 0 Å². The second-order valence-electron chi connectivity index (χ2n) is 0.513. The SMILES string of the molecule is O=P(O)(O)O.[Co].[Ni].[Ti].[V]. The summed E-state index contributed by atoms with van der Waals surface area (Å²) in [4.78, 5) is 21.6. The molecule has 0 unspecified atom stereocenters. The van der Waals surface area contributed by atoms with Gasteiger partial charge in [0.15, 0.2) is 0 Å². The van der Waals surface area contributed by atoms with Crippen LogP contribution in [0.25, 0.3) is 0 Å². The van der Waals surface area contributed by atoms with Crippen molar-refractivity contribution < 1.29 is 92.8 Å². The fraction of sp³-hybridized carbons (Fsp3) is 0. The molecule has 0 rings (SSSR count). The molecule has 0 aromatic rings. The quantitative estimate of drug-likeness (QED) is 0.398. The Morgan fingerprint density at radius 3 is 1.11 bits per heavy atom. The van der Waals surface area contributed by atoms with Crippen LogP contribution in [0.4, 0.5) is 0 Å². The first kappa shape index (κ1) is 30.1. The fourth-order valence-corrected chi connectivity index (χ4v) is 0. The first-order valence-electron chi connectivity index (χ1n) is 0.783. The van der Waals surface area contributed by atoms with Crippen molar-refractivity contribution in [3.63, 3.8) is 0 Å². The molecule has 4 nitrogen and oxygen atoms in total. The van der Waals surface area contributed by atoms with E-state index in [-0.39, 0.29) is 73.5 Å². The number of hydrogen-bond donors (Lipinski definition) is 3. The van der Waals surface area contributed by atoms with E-state index < -0.39 is 7.82 Å². The van der Waals surface area contributed by atoms with Crippen LogP contribution in [0.1, 0.15) is 0 Å². The van der Waals surface area contributed by atoms with Gasteiger partial charge in [0, 0.05) is 73.5 Å². The predicted octanol–water partition coefficient (Wildman–Crippen LogP) is -0.939. The first-order valence-corrected chi connectivity index (χ1v) is 2.35. The van der Waals surface area contributed by atoms with E-state index in [1.807, 2.05) is 0 Å². The summed E-state index contributed by atoms with van der Waals surface area (Å²) in [6.07, 6.45) is 0. The van der Waals surface area contributed by atoms with Gasteiger partial charge in [-0.05, 0) is 0 Å². The Morgan fingerprint density at radius 2 is 1.11 bits per heavy atom. The minimum Gasteiger partial charge on any atom is -0.303 e. The summed E-state index contributed by atoms with van der Waals surface area (Å²) in [5.41, 5.74) is 0. The van der Waals surface area contributed by atoms with Gasteiger partial charge >= 0.3 is 7.82 Å². The van der Waals surface area contributed by atoms with E-state index in [4.69, 9.17) is 19.2 Å². The molecule has 0 aromatic heterocycles. The van der Waals surface area contributed by atoms with E-state index >= 15 is 0 Å². The van der Waals surface area contributed by atoms with Crippen molar-refractivity contribution >= 4 is 7.82 Å². The van der Waals surface area contributed by atoms with Gasteiger partial charge in [-0.3, -0.25) is 0 Å². The fourth-order valence-electron chi connectivity index (χ4n) is 0. The maximum atomic E-state index is 8.88. The molecule has 0 amide bonds. The van der Waals surface area contributed by atoms with Crippen LogP contribution in [0.3, 0.4) is 0 Å². The summed E-state index contributed by atoms with van der Waals surface area (Å²) in [6, 6.07) is 0. The molecule has 0 spiro atoms. The van der Waals surface area contributed by atoms with Gasteiger partial charge in [-0.15, -0.1) is 0 Å². The van der Waals surface area contributed by atoms with Crippen molar-refractivity contribution in [2.24, 2.45) is 0 Å². The third kappa shape index (κ3) is 127. The van der Waals surface area contributed by atoms with Crippen LogP contribution in [0.15, 0.2) is 0 Å². The normalized spacial score (nSPS) is 6.56. The van der Waals surface area contributed by atoms with Crippen LogP contribution in [0.2, 0.25) is 0 Å². The molecule has 9 heteroatoms. The Kier molecular flexibility index (Phi) is 43.6. The smallest absolute Gasteiger partial charge is 0.303 e. The zero-order chi connectivity index (χ0) is 4.50. The van der Waals surface area contributed by atoms with Crippen LogP contribution < -0.4 is 0 Å². The summed E-state index contributed by atoms with van der Waals surface area (Å²) in [6.45, 7) is 0. The zero-order valence-corrected chi connectivity index (χ0v) is 9.68. The molecule has 0 fully saturated rings. The van der Waals surface area contributed by atoms with Gasteiger partial charge in [0.2, 0.25) is 0 Å². The van der Waals surface area contributed by atoms with Gasteiger partial charge in [0.25, 0.3) is 0 Å². The summed E-state index contributed by atoms with van der Waals surface area (Å²) >= 11 is 0. The minimum absolute atomic E-state index is 0. The Hall–Kier alpha value is 2.41. The van der Waals surface area contributed by atoms with Gasteiger partial charge in [-0.2, -0.15) is 0 Å². The third-order valence-corrected chi connectivity index (χ3v) is 0. The molecule has 0 aliphatic heterocycles. The minimum atomic E-state index is -4.64. The van der Waals surface area contributed by atoms with Gasteiger partial charge in [-0.25, -0.2) is 4.57 Å². The molecule has 0 saturated carbocycles. The van der Waals surface area contributed by atoms with Gasteiger partial charge in [0.1, 0.15) is 0 Å². The second-order valence-corrected chi connectivity index (χ2v) is 1.54. The van der Waals surface area contributed by atoms with Crippen molar-refractivity contribution in [2.45, 2.75) is 0 Å². The maximum Gasteiger partial charge on any atom is 0.466 e. The van der Waals surface area contributed by atoms with E-state index in [2.05, 4.69) is 0 Å². The molecule has 60 valence electrons. The number of hydrogen-bond acceptors (Lipinski definition) is 1. The zero-order valence-electron chi connectivity index (χ0n) is 3.79. The number of phosphoric acid groups is 1. The summed E-state index contributed by atoms with van der Waals surface area (Å²) < 4.78 is 8.88. The molecular formula is H3CoNiO4PTiV. The average molecular weight is 314 g/mol. The van der Waals surface area contributed by atoms with Crippen molar-refractivity contribution in [3.05, 3.63) is 0 Å². The molecule has 0 aliphatic rings. The van der Waals surface area contributed by atoms with Crippen molar-refractivity contribution in [3.8, 4) is 0 Å². The van der Waals surface area contributed by atoms with E-state index in [1.165, 1.54) is 0 Å². The second kappa shape index (κ2) is 13.0. The topological polar surface area (TPSA) is 77.8 Å². The summed E-state index contributed by atoms with van der Waals surface area (Å²) in [5, 5.41) is 0. The number of rotatable bonds is 0. The molecular weight excluding hydrogens is 311 g/mol. The van der Waals surface area contributed by atoms with Crippen molar-refractivity contribution in [1.29, 1.82) is 0 Å².